The molecule has 0 spiro atoms. The lowest BCUT2D eigenvalue weighted by Gasteiger charge is -2.07. The second-order valence-corrected chi connectivity index (χ2v) is 4.31. The SMILES string of the molecule is Nc1cc(COc2ccc(F)c(Br)c2)ccn1. The van der Waals surface area contributed by atoms with Gasteiger partial charge in [-0.1, -0.05) is 0 Å². The lowest BCUT2D eigenvalue weighted by Crippen LogP contribution is -1.98. The average Bonchev–Trinajstić information content (AvgIpc) is 2.31. The monoisotopic (exact) mass is 296 g/mol. The summed E-state index contributed by atoms with van der Waals surface area (Å²) in [6.07, 6.45) is 1.62. The molecule has 0 fully saturated rings. The van der Waals surface area contributed by atoms with Crippen LogP contribution >= 0.6 is 15.9 Å². The molecule has 0 unspecified atom stereocenters. The van der Waals surface area contributed by atoms with Crippen LogP contribution in [0.2, 0.25) is 0 Å². The van der Waals surface area contributed by atoms with Crippen LogP contribution in [-0.2, 0) is 6.61 Å². The molecule has 1 heterocycles. The van der Waals surface area contributed by atoms with Gasteiger partial charge in [-0.3, -0.25) is 0 Å². The molecule has 0 aliphatic carbocycles. The van der Waals surface area contributed by atoms with Gasteiger partial charge in [0.05, 0.1) is 4.47 Å². The van der Waals surface area contributed by atoms with Gasteiger partial charge in [0.25, 0.3) is 0 Å². The van der Waals surface area contributed by atoms with Gasteiger partial charge in [0.2, 0.25) is 0 Å². The third kappa shape index (κ3) is 3.17. The molecule has 17 heavy (non-hydrogen) atoms. The molecule has 0 saturated carbocycles. The maximum absolute atomic E-state index is 13.0. The maximum atomic E-state index is 13.0. The number of nitrogens with two attached hydrogens (primary N) is 1. The van der Waals surface area contributed by atoms with Crippen molar-refractivity contribution in [3.63, 3.8) is 0 Å². The van der Waals surface area contributed by atoms with Crippen LogP contribution in [0, 0.1) is 5.82 Å². The van der Waals surface area contributed by atoms with Gasteiger partial charge >= 0.3 is 0 Å². The van der Waals surface area contributed by atoms with Crippen molar-refractivity contribution in [2.45, 2.75) is 6.61 Å². The van der Waals surface area contributed by atoms with Crippen LogP contribution in [-0.4, -0.2) is 4.98 Å². The van der Waals surface area contributed by atoms with E-state index < -0.39 is 0 Å². The zero-order chi connectivity index (χ0) is 12.3. The van der Waals surface area contributed by atoms with Crippen LogP contribution in [0.25, 0.3) is 0 Å². The first-order valence-corrected chi connectivity index (χ1v) is 5.73. The van der Waals surface area contributed by atoms with Crippen molar-refractivity contribution in [1.29, 1.82) is 0 Å². The highest BCUT2D eigenvalue weighted by Gasteiger charge is 2.02. The molecule has 0 aliphatic heterocycles. The zero-order valence-electron chi connectivity index (χ0n) is 8.86. The Morgan fingerprint density at radius 1 is 1.29 bits per heavy atom. The van der Waals surface area contributed by atoms with Crippen molar-refractivity contribution in [3.8, 4) is 5.75 Å². The lowest BCUT2D eigenvalue weighted by atomic mass is 10.3. The summed E-state index contributed by atoms with van der Waals surface area (Å²) in [5.74, 6) is 0.727. The third-order valence-corrected chi connectivity index (χ3v) is 2.75. The molecule has 0 saturated heterocycles. The smallest absolute Gasteiger partial charge is 0.137 e. The van der Waals surface area contributed by atoms with Gasteiger partial charge in [-0.2, -0.15) is 0 Å². The number of aromatic nitrogens is 1. The van der Waals surface area contributed by atoms with Crippen LogP contribution in [0.5, 0.6) is 5.75 Å². The first kappa shape index (κ1) is 11.9. The highest BCUT2D eigenvalue weighted by Crippen LogP contribution is 2.22. The van der Waals surface area contributed by atoms with Crippen LogP contribution in [0.1, 0.15) is 5.56 Å². The minimum Gasteiger partial charge on any atom is -0.489 e. The van der Waals surface area contributed by atoms with E-state index in [0.29, 0.717) is 22.6 Å². The molecule has 1 aromatic carbocycles. The van der Waals surface area contributed by atoms with Gasteiger partial charge in [0, 0.05) is 6.20 Å². The van der Waals surface area contributed by atoms with E-state index in [-0.39, 0.29) is 5.82 Å². The molecule has 88 valence electrons. The van der Waals surface area contributed by atoms with Crippen molar-refractivity contribution in [1.82, 2.24) is 4.98 Å². The molecular formula is C12H10BrFN2O. The number of hydrogen-bond donors (Lipinski definition) is 1. The second-order valence-electron chi connectivity index (χ2n) is 3.45. The Morgan fingerprint density at radius 3 is 2.82 bits per heavy atom. The Labute approximate surface area is 107 Å². The molecule has 3 nitrogen and oxygen atoms in total. The molecule has 0 amide bonds. The zero-order valence-corrected chi connectivity index (χ0v) is 10.4. The molecule has 2 rings (SSSR count). The summed E-state index contributed by atoms with van der Waals surface area (Å²) in [4.78, 5) is 3.89. The Bertz CT molecular complexity index is 534. The molecule has 2 N–H and O–H groups in total. The Balaban J connectivity index is 2.05. The molecule has 0 bridgehead atoms. The van der Waals surface area contributed by atoms with Crippen molar-refractivity contribution in [3.05, 3.63) is 52.4 Å². The molecule has 0 atom stereocenters. The molecule has 2 aromatic rings. The largest absolute Gasteiger partial charge is 0.489 e. The number of rotatable bonds is 3. The van der Waals surface area contributed by atoms with Crippen molar-refractivity contribution in [2.24, 2.45) is 0 Å². The molecule has 5 heteroatoms. The van der Waals surface area contributed by atoms with Crippen LogP contribution in [0.4, 0.5) is 10.2 Å². The van der Waals surface area contributed by atoms with Crippen molar-refractivity contribution < 1.29 is 9.13 Å². The predicted octanol–water partition coefficient (Wildman–Crippen LogP) is 3.14. The molecule has 0 radical (unpaired) electrons. The first-order valence-electron chi connectivity index (χ1n) is 4.93. The number of pyridine rings is 1. The Hall–Kier alpha value is -1.62. The van der Waals surface area contributed by atoms with Gasteiger partial charge in [0.1, 0.15) is 24.0 Å². The number of ether oxygens (including phenoxy) is 1. The van der Waals surface area contributed by atoms with E-state index in [1.807, 2.05) is 6.07 Å². The third-order valence-electron chi connectivity index (χ3n) is 2.14. The summed E-state index contributed by atoms with van der Waals surface area (Å²) in [6, 6.07) is 8.05. The van der Waals surface area contributed by atoms with Crippen LogP contribution in [0.3, 0.4) is 0 Å². The molecule has 0 aliphatic rings. The number of nitrogens with zero attached hydrogens (tertiary/aromatic N) is 1. The minimum absolute atomic E-state index is 0.314. The van der Waals surface area contributed by atoms with Crippen molar-refractivity contribution in [2.75, 3.05) is 5.73 Å². The summed E-state index contributed by atoms with van der Waals surface area (Å²) in [5, 5.41) is 0. The van der Waals surface area contributed by atoms with Crippen LogP contribution in [0.15, 0.2) is 41.0 Å². The van der Waals surface area contributed by atoms with E-state index in [1.165, 1.54) is 6.07 Å². The van der Waals surface area contributed by atoms with Gasteiger partial charge in [-0.25, -0.2) is 9.37 Å². The van der Waals surface area contributed by atoms with E-state index in [1.54, 1.807) is 24.4 Å². The summed E-state index contributed by atoms with van der Waals surface area (Å²) in [5.41, 5.74) is 6.46. The molecule has 1 aromatic heterocycles. The van der Waals surface area contributed by atoms with E-state index in [0.717, 1.165) is 5.56 Å². The normalized spacial score (nSPS) is 10.2. The number of halogens is 2. The fourth-order valence-electron chi connectivity index (χ4n) is 1.32. The lowest BCUT2D eigenvalue weighted by molar-refractivity contribution is 0.305. The van der Waals surface area contributed by atoms with E-state index in [4.69, 9.17) is 10.5 Å². The maximum Gasteiger partial charge on any atom is 0.137 e. The van der Waals surface area contributed by atoms with Gasteiger partial charge in [0.15, 0.2) is 0 Å². The first-order chi connectivity index (χ1) is 8.15. The predicted molar refractivity (Wildman–Crippen MR) is 67.1 cm³/mol. The highest BCUT2D eigenvalue weighted by atomic mass is 79.9. The summed E-state index contributed by atoms with van der Waals surface area (Å²) in [7, 11) is 0. The topological polar surface area (TPSA) is 48.1 Å². The van der Waals surface area contributed by atoms with E-state index in [2.05, 4.69) is 20.9 Å². The summed E-state index contributed by atoms with van der Waals surface area (Å²) >= 11 is 3.10. The number of anilines is 1. The quantitative estimate of drug-likeness (QED) is 0.946. The highest BCUT2D eigenvalue weighted by molar-refractivity contribution is 9.10. The average molecular weight is 297 g/mol. The van der Waals surface area contributed by atoms with Gasteiger partial charge in [-0.15, -0.1) is 0 Å². The standard InChI is InChI=1S/C12H10BrFN2O/c13-10-6-9(1-2-11(10)14)17-7-8-3-4-16-12(15)5-8/h1-6H,7H2,(H2,15,16). The van der Waals surface area contributed by atoms with E-state index in [9.17, 15) is 4.39 Å². The number of benzene rings is 1. The number of nitrogen functional groups attached to an aromatic ring is 1. The number of hydrogen-bond acceptors (Lipinski definition) is 3. The summed E-state index contributed by atoms with van der Waals surface area (Å²) < 4.78 is 18.9. The van der Waals surface area contributed by atoms with E-state index >= 15 is 0 Å². The fourth-order valence-corrected chi connectivity index (χ4v) is 1.68. The second kappa shape index (κ2) is 5.14. The van der Waals surface area contributed by atoms with Gasteiger partial charge < -0.3 is 10.5 Å². The molecular weight excluding hydrogens is 287 g/mol. The Morgan fingerprint density at radius 2 is 2.12 bits per heavy atom. The van der Waals surface area contributed by atoms with Crippen molar-refractivity contribution >= 4 is 21.7 Å². The van der Waals surface area contributed by atoms with Crippen LogP contribution < -0.4 is 10.5 Å². The Kier molecular flexibility index (Phi) is 3.58. The summed E-state index contributed by atoms with van der Waals surface area (Å²) in [6.45, 7) is 0.366. The minimum atomic E-state index is -0.314. The fraction of sp³-hybridized carbons (Fsp3) is 0.0833. The van der Waals surface area contributed by atoms with Gasteiger partial charge in [-0.05, 0) is 51.8 Å².